The summed E-state index contributed by atoms with van der Waals surface area (Å²) in [6.07, 6.45) is 1.21. The first-order valence-corrected chi connectivity index (χ1v) is 6.54. The Labute approximate surface area is 109 Å². The van der Waals surface area contributed by atoms with Crippen molar-refractivity contribution in [3.63, 3.8) is 0 Å². The van der Waals surface area contributed by atoms with Gasteiger partial charge in [-0.3, -0.25) is 0 Å². The molecular weight excluding hydrogens is 226 g/mol. The summed E-state index contributed by atoms with van der Waals surface area (Å²) in [5.74, 6) is 0. The van der Waals surface area contributed by atoms with Gasteiger partial charge in [0.2, 0.25) is 0 Å². The number of hydrogen-bond acceptors (Lipinski definition) is 4. The number of nitrogens with two attached hydrogens (primary N) is 1. The highest BCUT2D eigenvalue weighted by molar-refractivity contribution is 5.56. The van der Waals surface area contributed by atoms with Gasteiger partial charge in [-0.25, -0.2) is 0 Å². The Morgan fingerprint density at radius 1 is 1.33 bits per heavy atom. The van der Waals surface area contributed by atoms with Crippen LogP contribution in [0.5, 0.6) is 0 Å². The van der Waals surface area contributed by atoms with Gasteiger partial charge >= 0.3 is 0 Å². The third-order valence-corrected chi connectivity index (χ3v) is 3.36. The number of anilines is 2. The minimum absolute atomic E-state index is 0.275. The van der Waals surface area contributed by atoms with E-state index >= 15 is 0 Å². The summed E-state index contributed by atoms with van der Waals surface area (Å²) < 4.78 is 5.70. The van der Waals surface area contributed by atoms with Crippen molar-refractivity contribution >= 4 is 11.4 Å². The smallest absolute Gasteiger partial charge is 0.0762 e. The molecule has 0 aliphatic carbocycles. The molecule has 0 radical (unpaired) electrons. The van der Waals surface area contributed by atoms with Gasteiger partial charge in [-0.05, 0) is 37.2 Å². The maximum absolute atomic E-state index is 5.70. The summed E-state index contributed by atoms with van der Waals surface area (Å²) in [4.78, 5) is 4.49. The Hall–Kier alpha value is -1.26. The molecule has 0 spiro atoms. The van der Waals surface area contributed by atoms with Crippen molar-refractivity contribution in [1.29, 1.82) is 0 Å². The highest BCUT2D eigenvalue weighted by atomic mass is 16.5. The highest BCUT2D eigenvalue weighted by Crippen LogP contribution is 2.22. The van der Waals surface area contributed by atoms with E-state index in [0.29, 0.717) is 6.54 Å². The van der Waals surface area contributed by atoms with Crippen LogP contribution in [-0.4, -0.2) is 46.4 Å². The Bertz CT molecular complexity index is 362. The molecule has 1 atom stereocenters. The molecule has 1 saturated heterocycles. The van der Waals surface area contributed by atoms with E-state index < -0.39 is 0 Å². The van der Waals surface area contributed by atoms with Crippen molar-refractivity contribution in [1.82, 2.24) is 0 Å². The van der Waals surface area contributed by atoms with E-state index in [4.69, 9.17) is 10.5 Å². The molecule has 1 unspecified atom stereocenters. The quantitative estimate of drug-likeness (QED) is 0.873. The second-order valence-electron chi connectivity index (χ2n) is 4.93. The van der Waals surface area contributed by atoms with Gasteiger partial charge in [-0.15, -0.1) is 0 Å². The Morgan fingerprint density at radius 2 is 2.06 bits per heavy atom. The summed E-state index contributed by atoms with van der Waals surface area (Å²) in [5.41, 5.74) is 8.09. The number of nitrogens with zero attached hydrogens (tertiary/aromatic N) is 2. The maximum atomic E-state index is 5.70. The van der Waals surface area contributed by atoms with Crippen LogP contribution in [0.15, 0.2) is 24.3 Å². The van der Waals surface area contributed by atoms with Crippen molar-refractivity contribution < 1.29 is 4.74 Å². The van der Waals surface area contributed by atoms with Crippen molar-refractivity contribution in [2.24, 2.45) is 5.73 Å². The molecule has 1 fully saturated rings. The highest BCUT2D eigenvalue weighted by Gasteiger charge is 2.19. The second kappa shape index (κ2) is 6.07. The lowest BCUT2D eigenvalue weighted by Gasteiger charge is -2.34. The number of hydrogen-bond donors (Lipinski definition) is 1. The van der Waals surface area contributed by atoms with Crippen LogP contribution in [0, 0.1) is 0 Å². The summed E-state index contributed by atoms with van der Waals surface area (Å²) >= 11 is 0. The predicted octanol–water partition coefficient (Wildman–Crippen LogP) is 1.31. The zero-order chi connectivity index (χ0) is 13.0. The number of rotatable bonds is 4. The first-order valence-electron chi connectivity index (χ1n) is 6.54. The maximum Gasteiger partial charge on any atom is 0.0762 e. The fraction of sp³-hybridized carbons (Fsp3) is 0.571. The lowest BCUT2D eigenvalue weighted by molar-refractivity contribution is 0.0369. The van der Waals surface area contributed by atoms with Crippen LogP contribution in [0.3, 0.4) is 0 Å². The zero-order valence-corrected chi connectivity index (χ0v) is 11.3. The Balaban J connectivity index is 2.02. The zero-order valence-electron chi connectivity index (χ0n) is 11.3. The molecule has 1 aliphatic heterocycles. The van der Waals surface area contributed by atoms with Crippen LogP contribution < -0.4 is 15.5 Å². The first kappa shape index (κ1) is 13.2. The van der Waals surface area contributed by atoms with E-state index in [2.05, 4.69) is 48.2 Å². The lowest BCUT2D eigenvalue weighted by Crippen LogP contribution is -2.43. The van der Waals surface area contributed by atoms with Crippen molar-refractivity contribution in [3.05, 3.63) is 24.3 Å². The Morgan fingerprint density at radius 3 is 2.67 bits per heavy atom. The van der Waals surface area contributed by atoms with Gasteiger partial charge in [0, 0.05) is 38.6 Å². The van der Waals surface area contributed by atoms with Crippen LogP contribution in [0.25, 0.3) is 0 Å². The topological polar surface area (TPSA) is 41.7 Å². The largest absolute Gasteiger partial charge is 0.378 e. The van der Waals surface area contributed by atoms with Gasteiger partial charge in [0.05, 0.1) is 12.7 Å². The molecule has 1 aromatic carbocycles. The molecule has 1 aromatic rings. The molecule has 1 heterocycles. The summed E-state index contributed by atoms with van der Waals surface area (Å²) in [6.45, 7) is 3.39. The van der Waals surface area contributed by atoms with Gasteiger partial charge in [0.1, 0.15) is 0 Å². The summed E-state index contributed by atoms with van der Waals surface area (Å²) in [6, 6.07) is 8.67. The second-order valence-corrected chi connectivity index (χ2v) is 4.93. The third-order valence-electron chi connectivity index (χ3n) is 3.36. The lowest BCUT2D eigenvalue weighted by atomic mass is 10.1. The van der Waals surface area contributed by atoms with Crippen molar-refractivity contribution in [2.45, 2.75) is 12.5 Å². The van der Waals surface area contributed by atoms with E-state index in [-0.39, 0.29) is 6.10 Å². The third kappa shape index (κ3) is 3.15. The average molecular weight is 249 g/mol. The van der Waals surface area contributed by atoms with Crippen molar-refractivity contribution in [3.8, 4) is 0 Å². The summed E-state index contributed by atoms with van der Waals surface area (Å²) in [5, 5.41) is 0. The molecule has 0 saturated carbocycles. The van der Waals surface area contributed by atoms with Gasteiger partial charge in [0.25, 0.3) is 0 Å². The van der Waals surface area contributed by atoms with Gasteiger partial charge in [0.15, 0.2) is 0 Å². The first-order chi connectivity index (χ1) is 8.70. The minimum Gasteiger partial charge on any atom is -0.378 e. The molecule has 2 N–H and O–H groups in total. The predicted molar refractivity (Wildman–Crippen MR) is 76.4 cm³/mol. The molecule has 4 heteroatoms. The fourth-order valence-corrected chi connectivity index (χ4v) is 2.28. The molecule has 0 amide bonds. The van der Waals surface area contributed by atoms with Crippen LogP contribution in [0.4, 0.5) is 11.4 Å². The van der Waals surface area contributed by atoms with E-state index in [1.165, 1.54) is 11.4 Å². The minimum atomic E-state index is 0.275. The van der Waals surface area contributed by atoms with Crippen LogP contribution >= 0.6 is 0 Å². The van der Waals surface area contributed by atoms with Crippen molar-refractivity contribution in [2.75, 3.05) is 50.1 Å². The molecule has 0 aromatic heterocycles. The number of morpholine rings is 1. The standard InChI is InChI=1S/C14H23N3O/c1-16(2)12-3-5-13(6-4-12)17-9-10-18-14(11-17)7-8-15/h3-6,14H,7-11,15H2,1-2H3. The molecule has 100 valence electrons. The van der Waals surface area contributed by atoms with Crippen LogP contribution in [0.1, 0.15) is 6.42 Å². The van der Waals surface area contributed by atoms with E-state index in [9.17, 15) is 0 Å². The molecule has 4 nitrogen and oxygen atoms in total. The van der Waals surface area contributed by atoms with Crippen LogP contribution in [0.2, 0.25) is 0 Å². The number of benzene rings is 1. The fourth-order valence-electron chi connectivity index (χ4n) is 2.28. The SMILES string of the molecule is CN(C)c1ccc(N2CCOC(CCN)C2)cc1. The number of ether oxygens (including phenoxy) is 1. The van der Waals surface area contributed by atoms with Gasteiger partial charge in [-0.2, -0.15) is 0 Å². The molecule has 0 bridgehead atoms. The average Bonchev–Trinajstić information content (AvgIpc) is 2.39. The summed E-state index contributed by atoms with van der Waals surface area (Å²) in [7, 11) is 4.11. The Kier molecular flexibility index (Phi) is 4.44. The normalized spacial score (nSPS) is 19.9. The monoisotopic (exact) mass is 249 g/mol. The van der Waals surface area contributed by atoms with E-state index in [1.54, 1.807) is 0 Å². The molecule has 1 aliphatic rings. The van der Waals surface area contributed by atoms with Gasteiger partial charge < -0.3 is 20.3 Å². The molecule has 2 rings (SSSR count). The van der Waals surface area contributed by atoms with E-state index in [0.717, 1.165) is 26.1 Å². The molecular formula is C14H23N3O. The molecule has 18 heavy (non-hydrogen) atoms. The van der Waals surface area contributed by atoms with E-state index in [1.807, 2.05) is 0 Å². The van der Waals surface area contributed by atoms with Crippen LogP contribution in [-0.2, 0) is 4.74 Å². The van der Waals surface area contributed by atoms with Gasteiger partial charge in [-0.1, -0.05) is 0 Å².